The molecule has 0 saturated carbocycles. The topological polar surface area (TPSA) is 87.7 Å². The summed E-state index contributed by atoms with van der Waals surface area (Å²) in [7, 11) is 0. The van der Waals surface area contributed by atoms with Crippen LogP contribution in [0.15, 0.2) is 42.6 Å². The molecule has 0 spiro atoms. The number of aryl methyl sites for hydroxylation is 1. The zero-order chi connectivity index (χ0) is 20.5. The third-order valence-corrected chi connectivity index (χ3v) is 4.73. The first-order valence-corrected chi connectivity index (χ1v) is 9.99. The maximum absolute atomic E-state index is 12.4. The molecule has 0 radical (unpaired) electrons. The molecule has 0 unspecified atom stereocenters. The third-order valence-electron chi connectivity index (χ3n) is 4.73. The van der Waals surface area contributed by atoms with Crippen LogP contribution in [0.1, 0.15) is 29.4 Å². The fraction of sp³-hybridized carbons (Fsp3) is 0.429. The summed E-state index contributed by atoms with van der Waals surface area (Å²) in [5.74, 6) is 0.303. The standard InChI is InChI=1S/C21H27N5O3/c1-2-29-21(28)26-15-13-25(14-16-26)20-23-12-10-18(24-20)19(27)22-11-6-9-17-7-4-3-5-8-17/h3-5,7-8,10,12H,2,6,9,11,13-16H2,1H3,(H,22,27). The van der Waals surface area contributed by atoms with Gasteiger partial charge in [-0.25, -0.2) is 14.8 Å². The summed E-state index contributed by atoms with van der Waals surface area (Å²) in [5, 5.41) is 2.92. The van der Waals surface area contributed by atoms with Gasteiger partial charge in [-0.2, -0.15) is 0 Å². The first-order chi connectivity index (χ1) is 14.2. The van der Waals surface area contributed by atoms with Gasteiger partial charge in [0.2, 0.25) is 5.95 Å². The van der Waals surface area contributed by atoms with E-state index in [1.54, 1.807) is 24.1 Å². The molecule has 29 heavy (non-hydrogen) atoms. The van der Waals surface area contributed by atoms with Crippen molar-refractivity contribution in [3.05, 3.63) is 53.9 Å². The molecule has 0 atom stereocenters. The number of benzene rings is 1. The van der Waals surface area contributed by atoms with E-state index < -0.39 is 0 Å². The molecule has 2 amide bonds. The first-order valence-electron chi connectivity index (χ1n) is 9.99. The molecule has 2 aromatic rings. The van der Waals surface area contributed by atoms with Crippen LogP contribution >= 0.6 is 0 Å². The largest absolute Gasteiger partial charge is 0.450 e. The normalized spacial score (nSPS) is 13.8. The quantitative estimate of drug-likeness (QED) is 0.720. The van der Waals surface area contributed by atoms with Gasteiger partial charge in [0.1, 0.15) is 5.69 Å². The number of nitrogens with zero attached hydrogens (tertiary/aromatic N) is 4. The van der Waals surface area contributed by atoms with E-state index in [1.807, 2.05) is 23.1 Å². The van der Waals surface area contributed by atoms with E-state index >= 15 is 0 Å². The lowest BCUT2D eigenvalue weighted by Gasteiger charge is -2.34. The lowest BCUT2D eigenvalue weighted by atomic mass is 10.1. The molecule has 1 aromatic carbocycles. The Hall–Kier alpha value is -3.16. The minimum Gasteiger partial charge on any atom is -0.450 e. The van der Waals surface area contributed by atoms with E-state index in [1.165, 1.54) is 5.56 Å². The number of aromatic nitrogens is 2. The average Bonchev–Trinajstić information content (AvgIpc) is 2.77. The van der Waals surface area contributed by atoms with Gasteiger partial charge in [-0.3, -0.25) is 4.79 Å². The Morgan fingerprint density at radius 1 is 1.10 bits per heavy atom. The Morgan fingerprint density at radius 3 is 2.59 bits per heavy atom. The van der Waals surface area contributed by atoms with Crippen molar-refractivity contribution in [2.24, 2.45) is 0 Å². The fourth-order valence-electron chi connectivity index (χ4n) is 3.16. The number of amides is 2. The van der Waals surface area contributed by atoms with Crippen LogP contribution in [0.2, 0.25) is 0 Å². The lowest BCUT2D eigenvalue weighted by Crippen LogP contribution is -2.49. The first kappa shape index (κ1) is 20.6. The van der Waals surface area contributed by atoms with E-state index in [4.69, 9.17) is 4.74 Å². The van der Waals surface area contributed by atoms with Crippen LogP contribution in [0.5, 0.6) is 0 Å². The minimum atomic E-state index is -0.295. The van der Waals surface area contributed by atoms with Gasteiger partial charge in [-0.1, -0.05) is 30.3 Å². The second-order valence-corrected chi connectivity index (χ2v) is 6.76. The molecule has 3 rings (SSSR count). The highest BCUT2D eigenvalue weighted by atomic mass is 16.6. The molecule has 2 heterocycles. The SMILES string of the molecule is CCOC(=O)N1CCN(c2nccc(C(=O)NCCCc3ccccc3)n2)CC1. The predicted molar refractivity (Wildman–Crippen MR) is 110 cm³/mol. The maximum Gasteiger partial charge on any atom is 0.409 e. The molecule has 1 aliphatic heterocycles. The Labute approximate surface area is 170 Å². The van der Waals surface area contributed by atoms with E-state index in [2.05, 4.69) is 27.4 Å². The molecule has 0 aliphatic carbocycles. The highest BCUT2D eigenvalue weighted by Crippen LogP contribution is 2.12. The second-order valence-electron chi connectivity index (χ2n) is 6.76. The van der Waals surface area contributed by atoms with Crippen molar-refractivity contribution in [1.82, 2.24) is 20.2 Å². The number of anilines is 1. The number of nitrogens with one attached hydrogen (secondary N) is 1. The van der Waals surface area contributed by atoms with E-state index in [0.29, 0.717) is 51.0 Å². The molecule has 8 nitrogen and oxygen atoms in total. The van der Waals surface area contributed by atoms with Crippen molar-refractivity contribution in [2.45, 2.75) is 19.8 Å². The van der Waals surface area contributed by atoms with Gasteiger partial charge in [0.15, 0.2) is 0 Å². The molecule has 1 aromatic heterocycles. The van der Waals surface area contributed by atoms with Crippen molar-refractivity contribution in [3.8, 4) is 0 Å². The Kier molecular flexibility index (Phi) is 7.38. The average molecular weight is 397 g/mol. The predicted octanol–water partition coefficient (Wildman–Crippen LogP) is 2.12. The summed E-state index contributed by atoms with van der Waals surface area (Å²) in [6.07, 6.45) is 3.08. The van der Waals surface area contributed by atoms with Gasteiger partial charge in [-0.05, 0) is 31.4 Å². The minimum absolute atomic E-state index is 0.202. The van der Waals surface area contributed by atoms with Crippen molar-refractivity contribution >= 4 is 17.9 Å². The van der Waals surface area contributed by atoms with Crippen LogP contribution in [-0.2, 0) is 11.2 Å². The van der Waals surface area contributed by atoms with Crippen molar-refractivity contribution in [3.63, 3.8) is 0 Å². The number of carbonyl (C=O) groups excluding carboxylic acids is 2. The highest BCUT2D eigenvalue weighted by Gasteiger charge is 2.23. The van der Waals surface area contributed by atoms with E-state index in [9.17, 15) is 9.59 Å². The lowest BCUT2D eigenvalue weighted by molar-refractivity contribution is 0.0948. The third kappa shape index (κ3) is 5.91. The number of carbonyl (C=O) groups is 2. The van der Waals surface area contributed by atoms with Crippen molar-refractivity contribution in [1.29, 1.82) is 0 Å². The molecule has 1 N–H and O–H groups in total. The van der Waals surface area contributed by atoms with Gasteiger partial charge in [-0.15, -0.1) is 0 Å². The highest BCUT2D eigenvalue weighted by molar-refractivity contribution is 5.92. The molecular weight excluding hydrogens is 370 g/mol. The molecule has 1 fully saturated rings. The van der Waals surface area contributed by atoms with Crippen LogP contribution < -0.4 is 10.2 Å². The zero-order valence-corrected chi connectivity index (χ0v) is 16.7. The van der Waals surface area contributed by atoms with Crippen LogP contribution in [0.3, 0.4) is 0 Å². The van der Waals surface area contributed by atoms with Gasteiger partial charge in [0.25, 0.3) is 5.91 Å². The number of rotatable bonds is 7. The van der Waals surface area contributed by atoms with Crippen molar-refractivity contribution < 1.29 is 14.3 Å². The van der Waals surface area contributed by atoms with Crippen LogP contribution in [0.4, 0.5) is 10.7 Å². The summed E-state index contributed by atoms with van der Waals surface area (Å²) < 4.78 is 5.03. The van der Waals surface area contributed by atoms with Gasteiger partial charge in [0, 0.05) is 38.9 Å². The summed E-state index contributed by atoms with van der Waals surface area (Å²) in [5.41, 5.74) is 1.61. The molecule has 1 saturated heterocycles. The monoisotopic (exact) mass is 397 g/mol. The van der Waals surface area contributed by atoms with E-state index in [-0.39, 0.29) is 12.0 Å². The molecule has 8 heteroatoms. The van der Waals surface area contributed by atoms with Crippen LogP contribution in [0, 0.1) is 0 Å². The zero-order valence-electron chi connectivity index (χ0n) is 16.7. The van der Waals surface area contributed by atoms with Crippen molar-refractivity contribution in [2.75, 3.05) is 44.2 Å². The van der Waals surface area contributed by atoms with Gasteiger partial charge in [0.05, 0.1) is 6.61 Å². The molecule has 1 aliphatic rings. The van der Waals surface area contributed by atoms with Gasteiger partial charge < -0.3 is 19.9 Å². The van der Waals surface area contributed by atoms with E-state index in [0.717, 1.165) is 12.8 Å². The summed E-state index contributed by atoms with van der Waals surface area (Å²) in [4.78, 5) is 36.6. The summed E-state index contributed by atoms with van der Waals surface area (Å²) >= 11 is 0. The summed E-state index contributed by atoms with van der Waals surface area (Å²) in [6.45, 7) is 5.02. The molecule has 0 bridgehead atoms. The summed E-state index contributed by atoms with van der Waals surface area (Å²) in [6, 6.07) is 11.8. The Bertz CT molecular complexity index is 807. The second kappa shape index (κ2) is 10.4. The van der Waals surface area contributed by atoms with Crippen LogP contribution in [0.25, 0.3) is 0 Å². The van der Waals surface area contributed by atoms with Gasteiger partial charge >= 0.3 is 6.09 Å². The number of hydrogen-bond donors (Lipinski definition) is 1. The molecule has 154 valence electrons. The number of piperazine rings is 1. The van der Waals surface area contributed by atoms with Crippen LogP contribution in [-0.4, -0.2) is 66.2 Å². The fourth-order valence-corrected chi connectivity index (χ4v) is 3.16. The maximum atomic E-state index is 12.4. The Morgan fingerprint density at radius 2 is 1.86 bits per heavy atom. The molecular formula is C21H27N5O3. The smallest absolute Gasteiger partial charge is 0.409 e. The Balaban J connectivity index is 1.47. The number of ether oxygens (including phenoxy) is 1. The number of hydrogen-bond acceptors (Lipinski definition) is 6.